The van der Waals surface area contributed by atoms with Gasteiger partial charge in [-0.15, -0.1) is 0 Å². The number of aryl methyl sites for hydroxylation is 2. The maximum atomic E-state index is 6.18. The molecular formula is C15H21N3O. The lowest BCUT2D eigenvalue weighted by Crippen LogP contribution is -2.23. The normalized spacial score (nSPS) is 12.4. The topological polar surface area (TPSA) is 53.1 Å². The van der Waals surface area contributed by atoms with Gasteiger partial charge in [0.15, 0.2) is 0 Å². The fourth-order valence-electron chi connectivity index (χ4n) is 2.15. The second-order valence-corrected chi connectivity index (χ2v) is 4.80. The first-order chi connectivity index (χ1) is 9.19. The van der Waals surface area contributed by atoms with Crippen LogP contribution in [0.4, 0.5) is 0 Å². The number of nitrogens with zero attached hydrogens (tertiary/aromatic N) is 2. The molecule has 0 aliphatic carbocycles. The van der Waals surface area contributed by atoms with Gasteiger partial charge in [-0.05, 0) is 43.0 Å². The lowest BCUT2D eigenvalue weighted by molar-refractivity contribution is 0.414. The van der Waals surface area contributed by atoms with Crippen LogP contribution in [0.2, 0.25) is 0 Å². The van der Waals surface area contributed by atoms with Gasteiger partial charge in [0.05, 0.1) is 7.11 Å². The average molecular weight is 259 g/mol. The summed E-state index contributed by atoms with van der Waals surface area (Å²) in [5.41, 5.74) is 8.66. The number of methoxy groups -OCH3 is 1. The molecule has 4 heteroatoms. The number of benzene rings is 1. The Labute approximate surface area is 114 Å². The van der Waals surface area contributed by atoms with Crippen LogP contribution >= 0.6 is 0 Å². The van der Waals surface area contributed by atoms with E-state index in [4.69, 9.17) is 10.5 Å². The Morgan fingerprint density at radius 2 is 2.00 bits per heavy atom. The molecule has 1 atom stereocenters. The van der Waals surface area contributed by atoms with E-state index in [1.54, 1.807) is 7.11 Å². The number of hydrogen-bond acceptors (Lipinski definition) is 3. The molecule has 2 aromatic rings. The van der Waals surface area contributed by atoms with Crippen molar-refractivity contribution in [3.63, 3.8) is 0 Å². The van der Waals surface area contributed by atoms with Gasteiger partial charge in [0.1, 0.15) is 5.75 Å². The zero-order valence-corrected chi connectivity index (χ0v) is 11.5. The molecule has 0 aliphatic heterocycles. The van der Waals surface area contributed by atoms with Crippen LogP contribution in [0.5, 0.6) is 5.75 Å². The van der Waals surface area contributed by atoms with Crippen LogP contribution in [0.1, 0.15) is 17.7 Å². The van der Waals surface area contributed by atoms with Gasteiger partial charge in [0, 0.05) is 25.0 Å². The largest absolute Gasteiger partial charge is 0.497 e. The molecule has 1 heterocycles. The molecule has 1 aromatic carbocycles. The van der Waals surface area contributed by atoms with Crippen LogP contribution in [0.3, 0.4) is 0 Å². The Kier molecular flexibility index (Phi) is 4.58. The van der Waals surface area contributed by atoms with Crippen molar-refractivity contribution in [2.24, 2.45) is 12.8 Å². The molecule has 1 unspecified atom stereocenters. The number of nitrogens with two attached hydrogens (primary N) is 1. The van der Waals surface area contributed by atoms with Crippen molar-refractivity contribution in [3.05, 3.63) is 47.8 Å². The maximum Gasteiger partial charge on any atom is 0.118 e. The zero-order chi connectivity index (χ0) is 13.7. The van der Waals surface area contributed by atoms with E-state index in [0.717, 1.165) is 25.0 Å². The number of ether oxygens (including phenoxy) is 1. The number of rotatable bonds is 6. The number of aromatic nitrogens is 2. The summed E-state index contributed by atoms with van der Waals surface area (Å²) in [7, 11) is 3.64. The molecule has 0 radical (unpaired) electrons. The van der Waals surface area contributed by atoms with Crippen LogP contribution < -0.4 is 10.5 Å². The standard InChI is InChI=1S/C15H21N3O/c1-18-14(9-10-17-18)6-5-13(16)11-12-3-7-15(19-2)8-4-12/h3-4,7-10,13H,5-6,11,16H2,1-2H3. The monoisotopic (exact) mass is 259 g/mol. The van der Waals surface area contributed by atoms with Gasteiger partial charge in [0.25, 0.3) is 0 Å². The molecule has 0 aliphatic rings. The summed E-state index contributed by atoms with van der Waals surface area (Å²) in [6.07, 6.45) is 4.64. The highest BCUT2D eigenvalue weighted by Gasteiger charge is 2.06. The van der Waals surface area contributed by atoms with Crippen molar-refractivity contribution < 1.29 is 4.74 Å². The third-order valence-corrected chi connectivity index (χ3v) is 3.35. The van der Waals surface area contributed by atoms with Crippen LogP contribution in [0, 0.1) is 0 Å². The molecule has 0 saturated heterocycles. The van der Waals surface area contributed by atoms with Crippen LogP contribution in [0.15, 0.2) is 36.5 Å². The van der Waals surface area contributed by atoms with E-state index in [1.165, 1.54) is 11.3 Å². The lowest BCUT2D eigenvalue weighted by Gasteiger charge is -2.12. The second-order valence-electron chi connectivity index (χ2n) is 4.80. The highest BCUT2D eigenvalue weighted by molar-refractivity contribution is 5.27. The molecule has 0 spiro atoms. The van der Waals surface area contributed by atoms with Crippen molar-refractivity contribution in [2.45, 2.75) is 25.3 Å². The van der Waals surface area contributed by atoms with Gasteiger partial charge in [-0.25, -0.2) is 0 Å². The first-order valence-corrected chi connectivity index (χ1v) is 6.54. The minimum Gasteiger partial charge on any atom is -0.497 e. The van der Waals surface area contributed by atoms with Crippen molar-refractivity contribution in [2.75, 3.05) is 7.11 Å². The number of hydrogen-bond donors (Lipinski definition) is 1. The summed E-state index contributed by atoms with van der Waals surface area (Å²) < 4.78 is 7.05. The summed E-state index contributed by atoms with van der Waals surface area (Å²) in [5, 5.41) is 4.16. The molecule has 0 bridgehead atoms. The van der Waals surface area contributed by atoms with E-state index in [2.05, 4.69) is 17.2 Å². The highest BCUT2D eigenvalue weighted by atomic mass is 16.5. The van der Waals surface area contributed by atoms with E-state index in [1.807, 2.05) is 36.1 Å². The summed E-state index contributed by atoms with van der Waals surface area (Å²) in [6, 6.07) is 10.3. The Morgan fingerprint density at radius 1 is 1.26 bits per heavy atom. The molecular weight excluding hydrogens is 238 g/mol. The maximum absolute atomic E-state index is 6.18. The Morgan fingerprint density at radius 3 is 2.58 bits per heavy atom. The van der Waals surface area contributed by atoms with E-state index < -0.39 is 0 Å². The quantitative estimate of drug-likeness (QED) is 0.862. The van der Waals surface area contributed by atoms with Crippen molar-refractivity contribution >= 4 is 0 Å². The molecule has 2 rings (SSSR count). The van der Waals surface area contributed by atoms with Gasteiger partial charge >= 0.3 is 0 Å². The molecule has 0 fully saturated rings. The predicted octanol–water partition coefficient (Wildman–Crippen LogP) is 1.93. The van der Waals surface area contributed by atoms with Crippen LogP contribution in [0.25, 0.3) is 0 Å². The predicted molar refractivity (Wildman–Crippen MR) is 76.2 cm³/mol. The summed E-state index contributed by atoms with van der Waals surface area (Å²) in [6.45, 7) is 0. The molecule has 1 aromatic heterocycles. The third kappa shape index (κ3) is 3.83. The van der Waals surface area contributed by atoms with E-state index >= 15 is 0 Å². The molecule has 102 valence electrons. The Balaban J connectivity index is 1.83. The second kappa shape index (κ2) is 6.38. The highest BCUT2D eigenvalue weighted by Crippen LogP contribution is 2.13. The van der Waals surface area contributed by atoms with E-state index in [0.29, 0.717) is 0 Å². The summed E-state index contributed by atoms with van der Waals surface area (Å²) in [4.78, 5) is 0. The molecule has 0 saturated carbocycles. The molecule has 2 N–H and O–H groups in total. The van der Waals surface area contributed by atoms with Crippen LogP contribution in [-0.2, 0) is 19.9 Å². The first kappa shape index (κ1) is 13.6. The fraction of sp³-hybridized carbons (Fsp3) is 0.400. The lowest BCUT2D eigenvalue weighted by atomic mass is 10.0. The molecule has 19 heavy (non-hydrogen) atoms. The van der Waals surface area contributed by atoms with Crippen LogP contribution in [-0.4, -0.2) is 22.9 Å². The van der Waals surface area contributed by atoms with Gasteiger partial charge in [-0.1, -0.05) is 12.1 Å². The van der Waals surface area contributed by atoms with Gasteiger partial charge in [0.2, 0.25) is 0 Å². The van der Waals surface area contributed by atoms with Gasteiger partial charge in [-0.2, -0.15) is 5.10 Å². The summed E-state index contributed by atoms with van der Waals surface area (Å²) >= 11 is 0. The Bertz CT molecular complexity index is 504. The van der Waals surface area contributed by atoms with Gasteiger partial charge < -0.3 is 10.5 Å². The van der Waals surface area contributed by atoms with E-state index in [-0.39, 0.29) is 6.04 Å². The third-order valence-electron chi connectivity index (χ3n) is 3.35. The van der Waals surface area contributed by atoms with Crippen molar-refractivity contribution in [1.29, 1.82) is 0 Å². The SMILES string of the molecule is COc1ccc(CC(N)CCc2ccnn2C)cc1. The molecule has 0 amide bonds. The minimum atomic E-state index is 0.170. The Hall–Kier alpha value is -1.81. The smallest absolute Gasteiger partial charge is 0.118 e. The minimum absolute atomic E-state index is 0.170. The fourth-order valence-corrected chi connectivity index (χ4v) is 2.15. The average Bonchev–Trinajstić information content (AvgIpc) is 2.83. The first-order valence-electron chi connectivity index (χ1n) is 6.54. The summed E-state index contributed by atoms with van der Waals surface area (Å²) in [5.74, 6) is 0.882. The van der Waals surface area contributed by atoms with Crippen molar-refractivity contribution in [3.8, 4) is 5.75 Å². The van der Waals surface area contributed by atoms with Crippen molar-refractivity contribution in [1.82, 2.24) is 9.78 Å². The van der Waals surface area contributed by atoms with E-state index in [9.17, 15) is 0 Å². The molecule has 4 nitrogen and oxygen atoms in total. The van der Waals surface area contributed by atoms with Gasteiger partial charge in [-0.3, -0.25) is 4.68 Å². The zero-order valence-electron chi connectivity index (χ0n) is 11.5.